The minimum absolute atomic E-state index is 0.0630. The van der Waals surface area contributed by atoms with Crippen LogP contribution in [0.15, 0.2) is 53.9 Å². The average Bonchev–Trinajstić information content (AvgIpc) is 3.12. The maximum absolute atomic E-state index is 12.3. The molecule has 0 aliphatic heterocycles. The number of methoxy groups -OCH3 is 1. The number of amides is 1. The van der Waals surface area contributed by atoms with Gasteiger partial charge in [0.1, 0.15) is 17.2 Å². The number of benzene rings is 2. The van der Waals surface area contributed by atoms with Crippen LogP contribution in [-0.4, -0.2) is 24.6 Å². The van der Waals surface area contributed by atoms with E-state index in [9.17, 15) is 13.6 Å². The minimum Gasteiger partial charge on any atom is -0.497 e. The van der Waals surface area contributed by atoms with Gasteiger partial charge in [-0.2, -0.15) is 8.78 Å². The number of alkyl halides is 2. The summed E-state index contributed by atoms with van der Waals surface area (Å²) < 4.78 is 33.7. The second-order valence-corrected chi connectivity index (χ2v) is 6.11. The number of hydrogen-bond acceptors (Lipinski definition) is 6. The van der Waals surface area contributed by atoms with Crippen LogP contribution >= 0.6 is 11.3 Å². The van der Waals surface area contributed by atoms with E-state index in [1.54, 1.807) is 48.9 Å². The van der Waals surface area contributed by atoms with E-state index >= 15 is 0 Å². The first kappa shape index (κ1) is 18.6. The number of ether oxygens (including phenoxy) is 2. The van der Waals surface area contributed by atoms with Crippen LogP contribution in [0, 0.1) is 0 Å². The average molecular weight is 391 g/mol. The van der Waals surface area contributed by atoms with Crippen molar-refractivity contribution in [2.75, 3.05) is 17.7 Å². The largest absolute Gasteiger partial charge is 0.497 e. The van der Waals surface area contributed by atoms with E-state index in [0.29, 0.717) is 22.3 Å². The Labute approximate surface area is 157 Å². The summed E-state index contributed by atoms with van der Waals surface area (Å²) in [5.41, 5.74) is 1.48. The summed E-state index contributed by atoms with van der Waals surface area (Å²) >= 11 is 1.25. The summed E-state index contributed by atoms with van der Waals surface area (Å²) in [6, 6.07) is 13.0. The molecular formula is C18H15F2N3O3S. The molecule has 2 N–H and O–H groups in total. The zero-order chi connectivity index (χ0) is 19.2. The fourth-order valence-electron chi connectivity index (χ4n) is 2.17. The molecule has 1 heterocycles. The summed E-state index contributed by atoms with van der Waals surface area (Å²) in [6.07, 6.45) is 0. The van der Waals surface area contributed by atoms with Crippen molar-refractivity contribution in [3.05, 3.63) is 59.6 Å². The fourth-order valence-corrected chi connectivity index (χ4v) is 2.89. The molecule has 27 heavy (non-hydrogen) atoms. The Balaban J connectivity index is 1.62. The first-order chi connectivity index (χ1) is 13.0. The minimum atomic E-state index is -2.87. The van der Waals surface area contributed by atoms with Gasteiger partial charge in [-0.1, -0.05) is 6.07 Å². The molecule has 6 nitrogen and oxygen atoms in total. The number of aromatic nitrogens is 1. The Morgan fingerprint density at radius 1 is 1.11 bits per heavy atom. The maximum atomic E-state index is 12.3. The Morgan fingerprint density at radius 3 is 2.59 bits per heavy atom. The van der Waals surface area contributed by atoms with E-state index in [-0.39, 0.29) is 17.4 Å². The highest BCUT2D eigenvalue weighted by molar-refractivity contribution is 7.14. The van der Waals surface area contributed by atoms with Gasteiger partial charge in [0.05, 0.1) is 7.11 Å². The smallest absolute Gasteiger partial charge is 0.387 e. The van der Waals surface area contributed by atoms with Crippen LogP contribution in [0.3, 0.4) is 0 Å². The molecule has 0 aliphatic rings. The van der Waals surface area contributed by atoms with Crippen LogP contribution in [0.2, 0.25) is 0 Å². The monoisotopic (exact) mass is 391 g/mol. The van der Waals surface area contributed by atoms with E-state index in [0.717, 1.165) is 0 Å². The standard InChI is InChI=1S/C18H15F2N3O3S/c1-25-14-4-2-3-12(9-14)21-16(24)15-10-27-18(23-15)22-11-5-7-13(8-6-11)26-17(19)20/h2-10,17H,1H3,(H,21,24)(H,22,23). The molecule has 0 saturated heterocycles. The van der Waals surface area contributed by atoms with Gasteiger partial charge in [-0.05, 0) is 36.4 Å². The molecule has 0 saturated carbocycles. The Morgan fingerprint density at radius 2 is 1.89 bits per heavy atom. The van der Waals surface area contributed by atoms with Crippen molar-refractivity contribution in [2.24, 2.45) is 0 Å². The van der Waals surface area contributed by atoms with Crippen molar-refractivity contribution in [3.63, 3.8) is 0 Å². The lowest BCUT2D eigenvalue weighted by molar-refractivity contribution is -0.0498. The van der Waals surface area contributed by atoms with Crippen molar-refractivity contribution in [1.82, 2.24) is 4.98 Å². The highest BCUT2D eigenvalue weighted by atomic mass is 32.1. The molecule has 0 fully saturated rings. The summed E-state index contributed by atoms with van der Waals surface area (Å²) in [5.74, 6) is 0.342. The molecule has 0 radical (unpaired) electrons. The fraction of sp³-hybridized carbons (Fsp3) is 0.111. The molecule has 1 aromatic heterocycles. The van der Waals surface area contributed by atoms with Crippen molar-refractivity contribution in [2.45, 2.75) is 6.61 Å². The van der Waals surface area contributed by atoms with Crippen LogP contribution in [0.5, 0.6) is 11.5 Å². The Kier molecular flexibility index (Phi) is 5.82. The molecule has 3 rings (SSSR count). The number of thiazole rings is 1. The van der Waals surface area contributed by atoms with Gasteiger partial charge >= 0.3 is 6.61 Å². The number of hydrogen-bond donors (Lipinski definition) is 2. The number of nitrogens with zero attached hydrogens (tertiary/aromatic N) is 1. The number of carbonyl (C=O) groups is 1. The number of anilines is 3. The zero-order valence-corrected chi connectivity index (χ0v) is 14.9. The van der Waals surface area contributed by atoms with Gasteiger partial charge in [0, 0.05) is 22.8 Å². The van der Waals surface area contributed by atoms with Crippen molar-refractivity contribution in [1.29, 1.82) is 0 Å². The first-order valence-corrected chi connectivity index (χ1v) is 8.64. The van der Waals surface area contributed by atoms with Crippen LogP contribution < -0.4 is 20.1 Å². The molecule has 1 amide bonds. The molecular weight excluding hydrogens is 376 g/mol. The third-order valence-corrected chi connectivity index (χ3v) is 4.15. The number of halogens is 2. The number of rotatable bonds is 7. The third-order valence-electron chi connectivity index (χ3n) is 3.40. The molecule has 0 aliphatic carbocycles. The molecule has 3 aromatic rings. The Hall–Kier alpha value is -3.20. The van der Waals surface area contributed by atoms with E-state index in [1.807, 2.05) is 0 Å². The van der Waals surface area contributed by atoms with Gasteiger partial charge in [0.2, 0.25) is 0 Å². The molecule has 0 spiro atoms. The van der Waals surface area contributed by atoms with Crippen molar-refractivity contribution in [3.8, 4) is 11.5 Å². The lowest BCUT2D eigenvalue weighted by Gasteiger charge is -2.06. The van der Waals surface area contributed by atoms with Crippen LogP contribution in [0.4, 0.5) is 25.3 Å². The summed E-state index contributed by atoms with van der Waals surface area (Å²) in [5, 5.41) is 7.86. The normalized spacial score (nSPS) is 10.5. The molecule has 2 aromatic carbocycles. The maximum Gasteiger partial charge on any atom is 0.387 e. The molecule has 9 heteroatoms. The number of carbonyl (C=O) groups excluding carboxylic acids is 1. The van der Waals surface area contributed by atoms with Gasteiger partial charge in [-0.3, -0.25) is 4.79 Å². The predicted molar refractivity (Wildman–Crippen MR) is 99.4 cm³/mol. The van der Waals surface area contributed by atoms with Crippen molar-refractivity contribution < 1.29 is 23.0 Å². The van der Waals surface area contributed by atoms with Gasteiger partial charge < -0.3 is 20.1 Å². The molecule has 0 atom stereocenters. The van der Waals surface area contributed by atoms with E-state index < -0.39 is 6.61 Å². The van der Waals surface area contributed by atoms with Gasteiger partial charge in [-0.15, -0.1) is 11.3 Å². The van der Waals surface area contributed by atoms with Crippen LogP contribution in [-0.2, 0) is 0 Å². The van der Waals surface area contributed by atoms with E-state index in [1.165, 1.54) is 23.5 Å². The molecule has 0 bridgehead atoms. The second-order valence-electron chi connectivity index (χ2n) is 5.25. The van der Waals surface area contributed by atoms with Gasteiger partial charge in [0.25, 0.3) is 5.91 Å². The SMILES string of the molecule is COc1cccc(NC(=O)c2csc(Nc3ccc(OC(F)F)cc3)n2)c1. The Bertz CT molecular complexity index is 916. The van der Waals surface area contributed by atoms with E-state index in [4.69, 9.17) is 4.74 Å². The summed E-state index contributed by atoms with van der Waals surface area (Å²) in [7, 11) is 1.55. The lowest BCUT2D eigenvalue weighted by Crippen LogP contribution is -2.12. The highest BCUT2D eigenvalue weighted by Gasteiger charge is 2.12. The predicted octanol–water partition coefficient (Wildman–Crippen LogP) is 4.75. The van der Waals surface area contributed by atoms with Crippen LogP contribution in [0.1, 0.15) is 10.5 Å². The van der Waals surface area contributed by atoms with E-state index in [2.05, 4.69) is 20.4 Å². The zero-order valence-electron chi connectivity index (χ0n) is 14.1. The summed E-state index contributed by atoms with van der Waals surface area (Å²) in [6.45, 7) is -2.87. The summed E-state index contributed by atoms with van der Waals surface area (Å²) in [4.78, 5) is 16.5. The third kappa shape index (κ3) is 5.14. The van der Waals surface area contributed by atoms with Gasteiger partial charge in [0.15, 0.2) is 5.13 Å². The first-order valence-electron chi connectivity index (χ1n) is 7.76. The number of nitrogens with one attached hydrogen (secondary N) is 2. The topological polar surface area (TPSA) is 72.5 Å². The van der Waals surface area contributed by atoms with Gasteiger partial charge in [-0.25, -0.2) is 4.98 Å². The second kappa shape index (κ2) is 8.45. The van der Waals surface area contributed by atoms with Crippen molar-refractivity contribution >= 4 is 33.8 Å². The quantitative estimate of drug-likeness (QED) is 0.608. The highest BCUT2D eigenvalue weighted by Crippen LogP contribution is 2.24. The lowest BCUT2D eigenvalue weighted by atomic mass is 10.3. The molecule has 140 valence electrons. The molecule has 0 unspecified atom stereocenters. The van der Waals surface area contributed by atoms with Crippen LogP contribution in [0.25, 0.3) is 0 Å².